The Morgan fingerprint density at radius 2 is 1.30 bits per heavy atom. The first-order chi connectivity index (χ1) is 13.2. The van der Waals surface area contributed by atoms with Crippen molar-refractivity contribution in [2.75, 3.05) is 0 Å². The second kappa shape index (κ2) is 5.99. The smallest absolute Gasteiger partial charge is 0.192 e. The van der Waals surface area contributed by atoms with Gasteiger partial charge in [-0.05, 0) is 18.6 Å². The molecule has 0 bridgehead atoms. The van der Waals surface area contributed by atoms with Crippen LogP contribution in [-0.4, -0.2) is 0 Å². The van der Waals surface area contributed by atoms with Gasteiger partial charge in [0.2, 0.25) is 0 Å². The summed E-state index contributed by atoms with van der Waals surface area (Å²) in [5.74, 6) is 1.38. The number of aryl methyl sites for hydroxylation is 1. The monoisotopic (exact) mass is 352 g/mol. The molecule has 5 aromatic rings. The van der Waals surface area contributed by atoms with E-state index in [1.54, 1.807) is 6.92 Å². The zero-order chi connectivity index (χ0) is 18.4. The fraction of sp³-hybridized carbons (Fsp3) is 0.0417. The van der Waals surface area contributed by atoms with Crippen LogP contribution in [0.4, 0.5) is 0 Å². The van der Waals surface area contributed by atoms with Crippen LogP contribution in [0.5, 0.6) is 0 Å². The van der Waals surface area contributed by atoms with Gasteiger partial charge in [-0.2, -0.15) is 0 Å². The number of fused-ring (bicyclic) bond motifs is 2. The van der Waals surface area contributed by atoms with Gasteiger partial charge in [0.1, 0.15) is 22.7 Å². The van der Waals surface area contributed by atoms with Crippen LogP contribution in [0.1, 0.15) is 5.76 Å². The molecular weight excluding hydrogens is 336 g/mol. The van der Waals surface area contributed by atoms with E-state index in [0.29, 0.717) is 22.3 Å². The Kier molecular flexibility index (Phi) is 3.47. The summed E-state index contributed by atoms with van der Waals surface area (Å²) < 4.78 is 12.0. The Balaban J connectivity index is 1.93. The van der Waals surface area contributed by atoms with Gasteiger partial charge in [-0.15, -0.1) is 0 Å². The van der Waals surface area contributed by atoms with Gasteiger partial charge in [0, 0.05) is 28.6 Å². The average Bonchev–Trinajstić information content (AvgIpc) is 3.06. The van der Waals surface area contributed by atoms with E-state index in [0.717, 1.165) is 27.8 Å². The summed E-state index contributed by atoms with van der Waals surface area (Å²) in [4.78, 5) is 12.5. The maximum atomic E-state index is 12.5. The molecule has 3 aromatic carbocycles. The second-order valence-electron chi connectivity index (χ2n) is 6.60. The Bertz CT molecular complexity index is 1330. The lowest BCUT2D eigenvalue weighted by atomic mass is 9.98. The molecule has 0 unspecified atom stereocenters. The largest absolute Gasteiger partial charge is 0.461 e. The summed E-state index contributed by atoms with van der Waals surface area (Å²) in [7, 11) is 0. The highest BCUT2D eigenvalue weighted by Crippen LogP contribution is 2.41. The quantitative estimate of drug-likeness (QED) is 0.381. The van der Waals surface area contributed by atoms with Crippen molar-refractivity contribution in [2.45, 2.75) is 6.92 Å². The van der Waals surface area contributed by atoms with Gasteiger partial charge in [0.15, 0.2) is 5.43 Å². The molecule has 0 saturated carbocycles. The lowest BCUT2D eigenvalue weighted by Gasteiger charge is -2.04. The summed E-state index contributed by atoms with van der Waals surface area (Å²) in [5.41, 5.74) is 4.23. The Morgan fingerprint density at radius 1 is 0.667 bits per heavy atom. The molecule has 5 rings (SSSR count). The van der Waals surface area contributed by atoms with Crippen LogP contribution in [0.25, 0.3) is 44.4 Å². The molecule has 0 aliphatic carbocycles. The van der Waals surface area contributed by atoms with E-state index in [2.05, 4.69) is 12.1 Å². The standard InChI is InChI=1S/C24H16O3/c1-15-12-20(25)18-13-19-22(14-21(18)26-15)27-24(17-10-6-3-7-11-17)23(19)16-8-4-2-5-9-16/h2-14H,1H3. The topological polar surface area (TPSA) is 43.4 Å². The Labute approximate surface area is 155 Å². The Morgan fingerprint density at radius 3 is 2.00 bits per heavy atom. The van der Waals surface area contributed by atoms with Gasteiger partial charge in [0.25, 0.3) is 0 Å². The zero-order valence-corrected chi connectivity index (χ0v) is 14.7. The van der Waals surface area contributed by atoms with Gasteiger partial charge in [-0.25, -0.2) is 0 Å². The van der Waals surface area contributed by atoms with Gasteiger partial charge in [0.05, 0.1) is 5.39 Å². The molecule has 0 radical (unpaired) electrons. The Hall–Kier alpha value is -3.59. The molecule has 0 saturated heterocycles. The third-order valence-corrected chi connectivity index (χ3v) is 4.76. The highest BCUT2D eigenvalue weighted by atomic mass is 16.3. The van der Waals surface area contributed by atoms with Crippen molar-refractivity contribution in [3.05, 3.63) is 94.8 Å². The van der Waals surface area contributed by atoms with E-state index in [-0.39, 0.29) is 5.43 Å². The van der Waals surface area contributed by atoms with E-state index in [1.165, 1.54) is 6.07 Å². The zero-order valence-electron chi connectivity index (χ0n) is 14.7. The van der Waals surface area contributed by atoms with E-state index in [9.17, 15) is 4.79 Å². The molecule has 0 aliphatic rings. The molecule has 0 atom stereocenters. The summed E-state index contributed by atoms with van der Waals surface area (Å²) in [6, 6.07) is 25.3. The minimum Gasteiger partial charge on any atom is -0.461 e. The van der Waals surface area contributed by atoms with Crippen LogP contribution in [0.3, 0.4) is 0 Å². The van der Waals surface area contributed by atoms with E-state index in [1.807, 2.05) is 60.7 Å². The first-order valence-corrected chi connectivity index (χ1v) is 8.82. The van der Waals surface area contributed by atoms with Gasteiger partial charge >= 0.3 is 0 Å². The minimum absolute atomic E-state index is 0.0443. The van der Waals surface area contributed by atoms with Crippen LogP contribution in [-0.2, 0) is 0 Å². The molecule has 3 heteroatoms. The van der Waals surface area contributed by atoms with Crippen molar-refractivity contribution in [3.63, 3.8) is 0 Å². The molecule has 2 aromatic heterocycles. The maximum Gasteiger partial charge on any atom is 0.192 e. The van der Waals surface area contributed by atoms with E-state index in [4.69, 9.17) is 8.83 Å². The summed E-state index contributed by atoms with van der Waals surface area (Å²) in [6.07, 6.45) is 0. The fourth-order valence-electron chi connectivity index (χ4n) is 3.55. The van der Waals surface area contributed by atoms with Crippen molar-refractivity contribution < 1.29 is 8.83 Å². The van der Waals surface area contributed by atoms with E-state index >= 15 is 0 Å². The first-order valence-electron chi connectivity index (χ1n) is 8.82. The number of rotatable bonds is 2. The maximum absolute atomic E-state index is 12.5. The third-order valence-electron chi connectivity index (χ3n) is 4.76. The predicted molar refractivity (Wildman–Crippen MR) is 108 cm³/mol. The summed E-state index contributed by atoms with van der Waals surface area (Å²) in [6.45, 7) is 1.78. The highest BCUT2D eigenvalue weighted by molar-refractivity contribution is 6.06. The molecule has 27 heavy (non-hydrogen) atoms. The molecular formula is C24H16O3. The van der Waals surface area contributed by atoms with Crippen LogP contribution in [0.15, 0.2) is 92.5 Å². The van der Waals surface area contributed by atoms with E-state index < -0.39 is 0 Å². The van der Waals surface area contributed by atoms with Crippen LogP contribution >= 0.6 is 0 Å². The predicted octanol–water partition coefficient (Wildman–Crippen LogP) is 6.18. The summed E-state index contributed by atoms with van der Waals surface area (Å²) >= 11 is 0. The van der Waals surface area contributed by atoms with Crippen LogP contribution in [0.2, 0.25) is 0 Å². The van der Waals surface area contributed by atoms with Crippen LogP contribution in [0, 0.1) is 6.92 Å². The minimum atomic E-state index is -0.0443. The molecule has 0 fully saturated rings. The highest BCUT2D eigenvalue weighted by Gasteiger charge is 2.19. The number of furan rings is 1. The average molecular weight is 352 g/mol. The first kappa shape index (κ1) is 15.6. The fourth-order valence-corrected chi connectivity index (χ4v) is 3.55. The third kappa shape index (κ3) is 2.56. The van der Waals surface area contributed by atoms with Gasteiger partial charge in [-0.1, -0.05) is 60.7 Å². The lowest BCUT2D eigenvalue weighted by Crippen LogP contribution is -1.99. The van der Waals surface area contributed by atoms with Crippen molar-refractivity contribution in [3.8, 4) is 22.5 Å². The van der Waals surface area contributed by atoms with Crippen molar-refractivity contribution in [1.29, 1.82) is 0 Å². The SMILES string of the molecule is Cc1cc(=O)c2cc3c(-c4ccccc4)c(-c4ccccc4)oc3cc2o1. The molecule has 0 aliphatic heterocycles. The lowest BCUT2D eigenvalue weighted by molar-refractivity contribution is 0.563. The molecule has 130 valence electrons. The normalized spacial score (nSPS) is 11.3. The molecule has 0 amide bonds. The number of benzene rings is 3. The van der Waals surface area contributed by atoms with Crippen LogP contribution < -0.4 is 5.43 Å². The molecule has 0 N–H and O–H groups in total. The summed E-state index contributed by atoms with van der Waals surface area (Å²) in [5, 5.41) is 1.47. The molecule has 2 heterocycles. The molecule has 3 nitrogen and oxygen atoms in total. The number of hydrogen-bond acceptors (Lipinski definition) is 3. The molecule has 0 spiro atoms. The number of hydrogen-bond donors (Lipinski definition) is 0. The van der Waals surface area contributed by atoms with Crippen molar-refractivity contribution >= 4 is 21.9 Å². The van der Waals surface area contributed by atoms with Crippen molar-refractivity contribution in [2.24, 2.45) is 0 Å². The van der Waals surface area contributed by atoms with Gasteiger partial charge < -0.3 is 8.83 Å². The van der Waals surface area contributed by atoms with Gasteiger partial charge in [-0.3, -0.25) is 4.79 Å². The van der Waals surface area contributed by atoms with Crippen molar-refractivity contribution in [1.82, 2.24) is 0 Å². The second-order valence-corrected chi connectivity index (χ2v) is 6.60.